The van der Waals surface area contributed by atoms with Crippen molar-refractivity contribution in [1.29, 1.82) is 0 Å². The van der Waals surface area contributed by atoms with E-state index in [1.54, 1.807) is 6.20 Å². The van der Waals surface area contributed by atoms with E-state index in [2.05, 4.69) is 20.9 Å². The van der Waals surface area contributed by atoms with E-state index >= 15 is 0 Å². The number of nitrogens with one attached hydrogen (secondary N) is 3. The second-order valence-electron chi connectivity index (χ2n) is 6.78. The number of benzene rings is 1. The minimum atomic E-state index is 0.141. The Hall–Kier alpha value is -2.40. The van der Waals surface area contributed by atoms with E-state index in [4.69, 9.17) is 0 Å². The van der Waals surface area contributed by atoms with Crippen molar-refractivity contribution in [3.8, 4) is 0 Å². The molecule has 1 saturated carbocycles. The zero-order chi connectivity index (χ0) is 16.4. The molecule has 1 aromatic carbocycles. The van der Waals surface area contributed by atoms with Crippen LogP contribution in [-0.2, 0) is 4.79 Å². The van der Waals surface area contributed by atoms with Crippen LogP contribution in [0.25, 0.3) is 0 Å². The Labute approximate surface area is 141 Å². The Morgan fingerprint density at radius 3 is 2.58 bits per heavy atom. The molecule has 124 valence electrons. The predicted molar refractivity (Wildman–Crippen MR) is 95.2 cm³/mol. The number of pyridine rings is 1. The van der Waals surface area contributed by atoms with Crippen molar-refractivity contribution < 1.29 is 4.79 Å². The molecule has 1 spiro atoms. The number of rotatable bonds is 4. The van der Waals surface area contributed by atoms with Crippen molar-refractivity contribution in [3.63, 3.8) is 0 Å². The third-order valence-electron chi connectivity index (χ3n) is 5.18. The van der Waals surface area contributed by atoms with Gasteiger partial charge in [0.15, 0.2) is 0 Å². The Bertz CT molecular complexity index is 708. The van der Waals surface area contributed by atoms with Gasteiger partial charge in [0.2, 0.25) is 5.91 Å². The lowest BCUT2D eigenvalue weighted by Crippen LogP contribution is -2.31. The molecule has 2 fully saturated rings. The number of hydrogen-bond acceptors (Lipinski definition) is 4. The lowest BCUT2D eigenvalue weighted by Gasteiger charge is -2.23. The van der Waals surface area contributed by atoms with Crippen molar-refractivity contribution in [2.45, 2.75) is 19.3 Å². The molecule has 5 heteroatoms. The molecule has 1 unspecified atom stereocenters. The molecular formula is C19H22N4O. The van der Waals surface area contributed by atoms with E-state index < -0.39 is 0 Å². The molecule has 2 aliphatic rings. The third kappa shape index (κ3) is 3.12. The number of hydrogen-bond donors (Lipinski definition) is 3. The fourth-order valence-corrected chi connectivity index (χ4v) is 3.64. The molecule has 1 aliphatic carbocycles. The molecule has 1 amide bonds. The molecule has 3 N–H and O–H groups in total. The van der Waals surface area contributed by atoms with Crippen molar-refractivity contribution >= 4 is 23.1 Å². The van der Waals surface area contributed by atoms with E-state index in [1.807, 2.05) is 42.5 Å². The summed E-state index contributed by atoms with van der Waals surface area (Å²) < 4.78 is 0. The summed E-state index contributed by atoms with van der Waals surface area (Å²) in [6.07, 6.45) is 4.97. The van der Waals surface area contributed by atoms with Crippen LogP contribution in [0.15, 0.2) is 48.7 Å². The average molecular weight is 322 g/mol. The number of para-hydroxylation sites is 1. The van der Waals surface area contributed by atoms with Gasteiger partial charge in [0.05, 0.1) is 11.9 Å². The van der Waals surface area contributed by atoms with Gasteiger partial charge in [-0.15, -0.1) is 0 Å². The lowest BCUT2D eigenvalue weighted by atomic mass is 9.92. The monoisotopic (exact) mass is 322 g/mol. The number of anilines is 3. The minimum Gasteiger partial charge on any atom is -0.340 e. The maximum Gasteiger partial charge on any atom is 0.228 e. The smallest absolute Gasteiger partial charge is 0.228 e. The first-order chi connectivity index (χ1) is 11.8. The molecule has 1 aromatic heterocycles. The molecule has 5 nitrogen and oxygen atoms in total. The Kier molecular flexibility index (Phi) is 3.94. The number of carbonyl (C=O) groups excluding carboxylic acids is 1. The summed E-state index contributed by atoms with van der Waals surface area (Å²) in [7, 11) is 0. The molecule has 1 aliphatic heterocycles. The van der Waals surface area contributed by atoms with Crippen LogP contribution in [0.5, 0.6) is 0 Å². The Morgan fingerprint density at radius 1 is 1.08 bits per heavy atom. The quantitative estimate of drug-likeness (QED) is 0.809. The van der Waals surface area contributed by atoms with Gasteiger partial charge in [-0.3, -0.25) is 4.79 Å². The van der Waals surface area contributed by atoms with Crippen LogP contribution >= 0.6 is 0 Å². The van der Waals surface area contributed by atoms with Crippen LogP contribution in [-0.4, -0.2) is 24.0 Å². The molecule has 2 heterocycles. The zero-order valence-corrected chi connectivity index (χ0v) is 13.6. The van der Waals surface area contributed by atoms with Gasteiger partial charge < -0.3 is 16.0 Å². The van der Waals surface area contributed by atoms with E-state index in [9.17, 15) is 4.79 Å². The highest BCUT2D eigenvalue weighted by atomic mass is 16.2. The van der Waals surface area contributed by atoms with E-state index in [0.29, 0.717) is 0 Å². The maximum atomic E-state index is 12.4. The van der Waals surface area contributed by atoms with E-state index in [1.165, 1.54) is 0 Å². The van der Waals surface area contributed by atoms with Crippen molar-refractivity contribution in [2.75, 3.05) is 23.7 Å². The van der Waals surface area contributed by atoms with Gasteiger partial charge >= 0.3 is 0 Å². The lowest BCUT2D eigenvalue weighted by molar-refractivity contribution is -0.118. The molecule has 0 radical (unpaired) electrons. The highest BCUT2D eigenvalue weighted by molar-refractivity contribution is 5.95. The number of piperidine rings is 1. The van der Waals surface area contributed by atoms with E-state index in [-0.39, 0.29) is 17.2 Å². The Morgan fingerprint density at radius 2 is 1.88 bits per heavy atom. The second kappa shape index (κ2) is 6.24. The number of carbonyl (C=O) groups is 1. The van der Waals surface area contributed by atoms with Crippen LogP contribution < -0.4 is 16.0 Å². The average Bonchev–Trinajstić information content (AvgIpc) is 3.31. The summed E-state index contributed by atoms with van der Waals surface area (Å²) >= 11 is 0. The molecule has 1 saturated heterocycles. The summed E-state index contributed by atoms with van der Waals surface area (Å²) in [6.45, 7) is 2.07. The fraction of sp³-hybridized carbons (Fsp3) is 0.368. The summed E-state index contributed by atoms with van der Waals surface area (Å²) in [6, 6.07) is 13.7. The second-order valence-corrected chi connectivity index (χ2v) is 6.78. The normalized spacial score (nSPS) is 21.2. The van der Waals surface area contributed by atoms with Crippen LogP contribution in [0.2, 0.25) is 0 Å². The van der Waals surface area contributed by atoms with Crippen LogP contribution in [0.1, 0.15) is 19.3 Å². The van der Waals surface area contributed by atoms with Crippen LogP contribution in [0.4, 0.5) is 17.2 Å². The van der Waals surface area contributed by atoms with Gasteiger partial charge in [0.25, 0.3) is 0 Å². The van der Waals surface area contributed by atoms with Gasteiger partial charge in [0, 0.05) is 11.6 Å². The van der Waals surface area contributed by atoms with E-state index in [0.717, 1.165) is 49.5 Å². The zero-order valence-electron chi connectivity index (χ0n) is 13.6. The molecule has 24 heavy (non-hydrogen) atoms. The molecule has 2 aromatic rings. The number of nitrogens with zero attached hydrogens (tertiary/aromatic N) is 1. The Balaban J connectivity index is 1.35. The first-order valence-electron chi connectivity index (χ1n) is 8.55. The summed E-state index contributed by atoms with van der Waals surface area (Å²) in [4.78, 5) is 16.8. The van der Waals surface area contributed by atoms with Crippen LogP contribution in [0, 0.1) is 11.3 Å². The summed E-state index contributed by atoms with van der Waals surface area (Å²) in [5, 5.41) is 9.62. The van der Waals surface area contributed by atoms with Gasteiger partial charge in [-0.25, -0.2) is 4.98 Å². The van der Waals surface area contributed by atoms with Gasteiger partial charge in [0.1, 0.15) is 5.82 Å². The molecular weight excluding hydrogens is 300 g/mol. The van der Waals surface area contributed by atoms with Crippen LogP contribution in [0.3, 0.4) is 0 Å². The molecule has 0 bridgehead atoms. The maximum absolute atomic E-state index is 12.4. The third-order valence-corrected chi connectivity index (χ3v) is 5.18. The summed E-state index contributed by atoms with van der Waals surface area (Å²) in [5.41, 5.74) is 2.01. The first-order valence-corrected chi connectivity index (χ1v) is 8.55. The number of aromatic nitrogens is 1. The first kappa shape index (κ1) is 15.1. The van der Waals surface area contributed by atoms with Gasteiger partial charge in [-0.1, -0.05) is 18.2 Å². The van der Waals surface area contributed by atoms with Gasteiger partial charge in [-0.05, 0) is 62.0 Å². The molecule has 4 rings (SSSR count). The largest absolute Gasteiger partial charge is 0.340 e. The SMILES string of the molecule is O=C(Nc1ccc(Nc2ccccc2)nc1)C1CC12CCNCC2. The topological polar surface area (TPSA) is 66.0 Å². The standard InChI is InChI=1S/C19H22N4O/c24-18(16-12-19(16)8-10-20-11-9-19)23-15-6-7-17(21-13-15)22-14-4-2-1-3-5-14/h1-7,13,16,20H,8-12H2,(H,21,22)(H,23,24). The highest BCUT2D eigenvalue weighted by Crippen LogP contribution is 2.58. The molecule has 1 atom stereocenters. The van der Waals surface area contributed by atoms with Crippen molar-refractivity contribution in [3.05, 3.63) is 48.7 Å². The van der Waals surface area contributed by atoms with Crippen molar-refractivity contribution in [2.24, 2.45) is 11.3 Å². The fourth-order valence-electron chi connectivity index (χ4n) is 3.64. The predicted octanol–water partition coefficient (Wildman–Crippen LogP) is 3.15. The summed E-state index contributed by atoms with van der Waals surface area (Å²) in [5.74, 6) is 1.07. The minimum absolute atomic E-state index is 0.141. The number of amides is 1. The van der Waals surface area contributed by atoms with Crippen molar-refractivity contribution in [1.82, 2.24) is 10.3 Å². The highest BCUT2D eigenvalue weighted by Gasteiger charge is 2.57. The van der Waals surface area contributed by atoms with Gasteiger partial charge in [-0.2, -0.15) is 0 Å².